The molecule has 0 radical (unpaired) electrons. The van der Waals surface area contributed by atoms with E-state index in [1.807, 2.05) is 0 Å². The van der Waals surface area contributed by atoms with Gasteiger partial charge in [0.05, 0.1) is 6.04 Å². The van der Waals surface area contributed by atoms with E-state index in [4.69, 9.17) is 0 Å². The summed E-state index contributed by atoms with van der Waals surface area (Å²) in [6.45, 7) is 1.98. The smallest absolute Gasteiger partial charge is 0.228 e. The quantitative estimate of drug-likeness (QED) is 0.566. The van der Waals surface area contributed by atoms with Crippen molar-refractivity contribution < 1.29 is 4.92 Å². The fourth-order valence-corrected chi connectivity index (χ4v) is 3.37. The molecule has 5 heteroatoms. The Labute approximate surface area is 96.3 Å². The molecule has 1 N–H and O–H groups in total. The molecule has 1 aliphatic carbocycles. The highest BCUT2D eigenvalue weighted by molar-refractivity contribution is 4.97. The van der Waals surface area contributed by atoms with Crippen molar-refractivity contribution in [3.8, 4) is 0 Å². The molecule has 0 aromatic heterocycles. The van der Waals surface area contributed by atoms with Crippen LogP contribution in [0.4, 0.5) is 0 Å². The molecule has 0 bridgehead atoms. The molecule has 0 amide bonds. The molecule has 4 atom stereocenters. The van der Waals surface area contributed by atoms with Crippen LogP contribution in [0, 0.1) is 22.0 Å². The van der Waals surface area contributed by atoms with Crippen molar-refractivity contribution in [3.63, 3.8) is 0 Å². The Morgan fingerprint density at radius 3 is 2.81 bits per heavy atom. The predicted molar refractivity (Wildman–Crippen MR) is 62.0 cm³/mol. The van der Waals surface area contributed by atoms with Gasteiger partial charge in [0, 0.05) is 24.4 Å². The van der Waals surface area contributed by atoms with Gasteiger partial charge in [0.15, 0.2) is 0 Å². The lowest BCUT2D eigenvalue weighted by atomic mass is 9.77. The number of fused-ring (bicyclic) bond motifs is 1. The summed E-state index contributed by atoms with van der Waals surface area (Å²) < 4.78 is 0. The molecule has 16 heavy (non-hydrogen) atoms. The topological polar surface area (TPSA) is 58.4 Å². The number of rotatable bonds is 3. The van der Waals surface area contributed by atoms with Crippen LogP contribution >= 0.6 is 0 Å². The highest BCUT2D eigenvalue weighted by Gasteiger charge is 2.47. The highest BCUT2D eigenvalue weighted by Crippen LogP contribution is 2.36. The molecule has 1 heterocycles. The molecule has 2 aliphatic rings. The Bertz CT molecular complexity index is 270. The molecular weight excluding hydrogens is 206 g/mol. The number of nitro groups is 1. The minimum atomic E-state index is -0.356. The number of nitrogens with one attached hydrogen (secondary N) is 1. The SMILES string of the molecule is CN(C)CC1CNC2C1CCCC2[N+](=O)[O-]. The molecule has 2 rings (SSSR count). The predicted octanol–water partition coefficient (Wildman–Crippen LogP) is 0.581. The summed E-state index contributed by atoms with van der Waals surface area (Å²) in [4.78, 5) is 13.1. The van der Waals surface area contributed by atoms with E-state index in [9.17, 15) is 10.1 Å². The summed E-state index contributed by atoms with van der Waals surface area (Å²) in [5.74, 6) is 1.09. The van der Waals surface area contributed by atoms with E-state index >= 15 is 0 Å². The Morgan fingerprint density at radius 1 is 1.44 bits per heavy atom. The molecule has 1 aliphatic heterocycles. The lowest BCUT2D eigenvalue weighted by Crippen LogP contribution is -2.47. The molecule has 0 aromatic rings. The maximum Gasteiger partial charge on any atom is 0.228 e. The lowest BCUT2D eigenvalue weighted by Gasteiger charge is -2.31. The zero-order valence-electron chi connectivity index (χ0n) is 10.1. The van der Waals surface area contributed by atoms with Crippen molar-refractivity contribution in [3.05, 3.63) is 10.1 Å². The van der Waals surface area contributed by atoms with E-state index in [0.29, 0.717) is 11.8 Å². The van der Waals surface area contributed by atoms with Gasteiger partial charge in [-0.15, -0.1) is 0 Å². The summed E-state index contributed by atoms with van der Waals surface area (Å²) in [6, 6.07) is -0.236. The summed E-state index contributed by atoms with van der Waals surface area (Å²) in [7, 11) is 4.14. The fourth-order valence-electron chi connectivity index (χ4n) is 3.37. The second-order valence-electron chi connectivity index (χ2n) is 5.40. The van der Waals surface area contributed by atoms with Gasteiger partial charge in [0.2, 0.25) is 6.04 Å². The number of hydrogen-bond acceptors (Lipinski definition) is 4. The Hall–Kier alpha value is -0.680. The third kappa shape index (κ3) is 2.20. The molecule has 0 spiro atoms. The molecule has 92 valence electrons. The van der Waals surface area contributed by atoms with Gasteiger partial charge in [-0.1, -0.05) is 0 Å². The van der Waals surface area contributed by atoms with Gasteiger partial charge in [-0.25, -0.2) is 0 Å². The van der Waals surface area contributed by atoms with Gasteiger partial charge in [-0.2, -0.15) is 0 Å². The number of hydrogen-bond donors (Lipinski definition) is 1. The first-order chi connectivity index (χ1) is 7.59. The molecular formula is C11H21N3O2. The normalized spacial score (nSPS) is 38.7. The summed E-state index contributed by atoms with van der Waals surface area (Å²) >= 11 is 0. The van der Waals surface area contributed by atoms with Gasteiger partial charge in [-0.3, -0.25) is 10.1 Å². The second kappa shape index (κ2) is 4.67. The van der Waals surface area contributed by atoms with Crippen LogP contribution < -0.4 is 5.32 Å². The van der Waals surface area contributed by atoms with Crippen LogP contribution in [0.5, 0.6) is 0 Å². The van der Waals surface area contributed by atoms with Crippen molar-refractivity contribution in [1.29, 1.82) is 0 Å². The monoisotopic (exact) mass is 227 g/mol. The van der Waals surface area contributed by atoms with Crippen LogP contribution in [0.2, 0.25) is 0 Å². The fraction of sp³-hybridized carbons (Fsp3) is 1.00. The van der Waals surface area contributed by atoms with Crippen molar-refractivity contribution in [2.75, 3.05) is 27.2 Å². The summed E-state index contributed by atoms with van der Waals surface area (Å²) in [6.07, 6.45) is 2.91. The van der Waals surface area contributed by atoms with Crippen molar-refractivity contribution in [1.82, 2.24) is 10.2 Å². The third-order valence-corrected chi connectivity index (χ3v) is 4.00. The van der Waals surface area contributed by atoms with Crippen molar-refractivity contribution >= 4 is 0 Å². The van der Waals surface area contributed by atoms with Crippen LogP contribution in [0.3, 0.4) is 0 Å². The van der Waals surface area contributed by atoms with Crippen molar-refractivity contribution in [2.24, 2.45) is 11.8 Å². The van der Waals surface area contributed by atoms with Gasteiger partial charge >= 0.3 is 0 Å². The summed E-state index contributed by atoms with van der Waals surface area (Å²) in [5, 5.41) is 14.4. The maximum atomic E-state index is 11.0. The Morgan fingerprint density at radius 2 is 2.19 bits per heavy atom. The van der Waals surface area contributed by atoms with Crippen LogP contribution in [0.25, 0.3) is 0 Å². The zero-order valence-corrected chi connectivity index (χ0v) is 10.1. The van der Waals surface area contributed by atoms with Crippen LogP contribution in [-0.4, -0.2) is 49.1 Å². The second-order valence-corrected chi connectivity index (χ2v) is 5.40. The first-order valence-electron chi connectivity index (χ1n) is 6.11. The number of nitrogens with zero attached hydrogens (tertiary/aromatic N) is 2. The standard InChI is InChI=1S/C11H21N3O2/c1-13(2)7-8-6-12-11-9(8)4-3-5-10(11)14(15)16/h8-12H,3-7H2,1-2H3. The Kier molecular flexibility index (Phi) is 3.44. The first kappa shape index (κ1) is 11.8. The van der Waals surface area contributed by atoms with Crippen LogP contribution in [-0.2, 0) is 0 Å². The minimum absolute atomic E-state index is 0.0815. The van der Waals surface area contributed by atoms with Crippen LogP contribution in [0.1, 0.15) is 19.3 Å². The third-order valence-electron chi connectivity index (χ3n) is 4.00. The molecule has 2 fully saturated rings. The van der Waals surface area contributed by atoms with Gasteiger partial charge in [0.1, 0.15) is 0 Å². The summed E-state index contributed by atoms with van der Waals surface area (Å²) in [5.41, 5.74) is 0. The molecule has 4 unspecified atom stereocenters. The van der Waals surface area contributed by atoms with Crippen molar-refractivity contribution in [2.45, 2.75) is 31.3 Å². The van der Waals surface area contributed by atoms with Crippen LogP contribution in [0.15, 0.2) is 0 Å². The molecule has 1 saturated heterocycles. The largest absolute Gasteiger partial charge is 0.309 e. The Balaban J connectivity index is 2.03. The highest BCUT2D eigenvalue weighted by atomic mass is 16.6. The minimum Gasteiger partial charge on any atom is -0.309 e. The molecule has 0 aromatic carbocycles. The van der Waals surface area contributed by atoms with E-state index in [1.165, 1.54) is 0 Å². The van der Waals surface area contributed by atoms with E-state index in [2.05, 4.69) is 24.3 Å². The van der Waals surface area contributed by atoms with Gasteiger partial charge in [-0.05, 0) is 38.8 Å². The average Bonchev–Trinajstić information content (AvgIpc) is 2.60. The van der Waals surface area contributed by atoms with E-state index < -0.39 is 0 Å². The van der Waals surface area contributed by atoms with Gasteiger partial charge in [0.25, 0.3) is 0 Å². The maximum absolute atomic E-state index is 11.0. The van der Waals surface area contributed by atoms with E-state index in [0.717, 1.165) is 32.4 Å². The molecule has 1 saturated carbocycles. The first-order valence-corrected chi connectivity index (χ1v) is 6.11. The zero-order chi connectivity index (χ0) is 11.7. The molecule has 5 nitrogen and oxygen atoms in total. The van der Waals surface area contributed by atoms with E-state index in [-0.39, 0.29) is 17.0 Å². The average molecular weight is 227 g/mol. The van der Waals surface area contributed by atoms with Gasteiger partial charge < -0.3 is 10.2 Å². The lowest BCUT2D eigenvalue weighted by molar-refractivity contribution is -0.531. The van der Waals surface area contributed by atoms with E-state index in [1.54, 1.807) is 0 Å².